The molecular weight excluding hydrogens is 288 g/mol. The molecule has 108 valence electrons. The fourth-order valence-electron chi connectivity index (χ4n) is 2.20. The van der Waals surface area contributed by atoms with Crippen LogP contribution in [0, 0.1) is 0 Å². The fraction of sp³-hybridized carbons (Fsp3) is 0.214. The summed E-state index contributed by atoms with van der Waals surface area (Å²) < 4.78 is 3.72. The number of hydrogen-bond acceptors (Lipinski definition) is 5. The van der Waals surface area contributed by atoms with E-state index < -0.39 is 0 Å². The van der Waals surface area contributed by atoms with Crippen molar-refractivity contribution in [2.45, 2.75) is 19.5 Å². The van der Waals surface area contributed by atoms with Crippen LogP contribution in [0.15, 0.2) is 46.1 Å². The van der Waals surface area contributed by atoms with Crippen LogP contribution in [-0.2, 0) is 13.1 Å². The lowest BCUT2D eigenvalue weighted by molar-refractivity contribution is 0.518. The zero-order valence-electron chi connectivity index (χ0n) is 11.2. The molecule has 0 spiro atoms. The monoisotopic (exact) mass is 302 g/mol. The highest BCUT2D eigenvalue weighted by Crippen LogP contribution is 2.10. The van der Waals surface area contributed by atoms with Crippen LogP contribution < -0.4 is 16.2 Å². The van der Waals surface area contributed by atoms with Gasteiger partial charge in [0.05, 0.1) is 5.39 Å². The third kappa shape index (κ3) is 2.73. The highest BCUT2D eigenvalue weighted by molar-refractivity contribution is 7.16. The summed E-state index contributed by atoms with van der Waals surface area (Å²) in [6.07, 6.45) is 2.42. The minimum atomic E-state index is -0.227. The van der Waals surface area contributed by atoms with Gasteiger partial charge in [-0.2, -0.15) is 5.10 Å². The molecule has 2 heterocycles. The molecule has 0 amide bonds. The second-order valence-corrected chi connectivity index (χ2v) is 5.67. The highest BCUT2D eigenvalue weighted by Gasteiger charge is 2.07. The average Bonchev–Trinajstić information content (AvgIpc) is 2.88. The lowest BCUT2D eigenvalue weighted by atomic mass is 10.3. The van der Waals surface area contributed by atoms with E-state index in [4.69, 9.17) is 5.73 Å². The lowest BCUT2D eigenvalue weighted by Crippen LogP contribution is -2.31. The summed E-state index contributed by atoms with van der Waals surface area (Å²) in [5.74, 6) is 0.463. The molecule has 0 saturated heterocycles. The molecule has 0 atom stereocenters. The van der Waals surface area contributed by atoms with Gasteiger partial charge in [0.2, 0.25) is 0 Å². The van der Waals surface area contributed by atoms with Crippen molar-refractivity contribution in [2.24, 2.45) is 0 Å². The number of rotatable bonds is 4. The predicted molar refractivity (Wildman–Crippen MR) is 83.6 cm³/mol. The van der Waals surface area contributed by atoms with Crippen LogP contribution in [0.4, 0.5) is 5.82 Å². The van der Waals surface area contributed by atoms with Crippen molar-refractivity contribution >= 4 is 27.2 Å². The van der Waals surface area contributed by atoms with Crippen LogP contribution in [0.3, 0.4) is 0 Å². The zero-order valence-corrected chi connectivity index (χ0v) is 12.0. The van der Waals surface area contributed by atoms with Crippen LogP contribution in [0.1, 0.15) is 6.42 Å². The van der Waals surface area contributed by atoms with Gasteiger partial charge in [-0.15, -0.1) is 0 Å². The molecule has 2 aromatic heterocycles. The minimum absolute atomic E-state index is 0.223. The number of nitrogen functional groups attached to an aromatic ring is 1. The van der Waals surface area contributed by atoms with Gasteiger partial charge in [-0.05, 0) is 24.6 Å². The smallest absolute Gasteiger partial charge is 0.310 e. The van der Waals surface area contributed by atoms with Crippen LogP contribution >= 0.6 is 11.3 Å². The second kappa shape index (κ2) is 5.53. The number of anilines is 1. The van der Waals surface area contributed by atoms with E-state index in [2.05, 4.69) is 5.10 Å². The van der Waals surface area contributed by atoms with Crippen LogP contribution in [0.25, 0.3) is 10.1 Å². The first-order valence-electron chi connectivity index (χ1n) is 6.57. The van der Waals surface area contributed by atoms with E-state index >= 15 is 0 Å². The number of nitrogens with zero attached hydrogens (tertiary/aromatic N) is 3. The maximum Gasteiger partial charge on any atom is 0.310 e. The maximum atomic E-state index is 12.3. The minimum Gasteiger partial charge on any atom is -0.382 e. The summed E-state index contributed by atoms with van der Waals surface area (Å²) in [6, 6.07) is 8.88. The Morgan fingerprint density at radius 3 is 2.71 bits per heavy atom. The van der Waals surface area contributed by atoms with E-state index in [0.29, 0.717) is 30.7 Å². The Morgan fingerprint density at radius 1 is 1.14 bits per heavy atom. The summed E-state index contributed by atoms with van der Waals surface area (Å²) in [5.41, 5.74) is 5.31. The molecule has 0 unspecified atom stereocenters. The van der Waals surface area contributed by atoms with Gasteiger partial charge >= 0.3 is 4.87 Å². The summed E-state index contributed by atoms with van der Waals surface area (Å²) in [6.45, 7) is 0.985. The summed E-state index contributed by atoms with van der Waals surface area (Å²) >= 11 is 1.10. The van der Waals surface area contributed by atoms with Crippen molar-refractivity contribution in [3.05, 3.63) is 56.5 Å². The normalized spacial score (nSPS) is 11.0. The van der Waals surface area contributed by atoms with E-state index in [1.807, 2.05) is 6.07 Å². The van der Waals surface area contributed by atoms with Crippen molar-refractivity contribution in [3.63, 3.8) is 0 Å². The molecule has 0 fully saturated rings. The summed E-state index contributed by atoms with van der Waals surface area (Å²) in [4.78, 5) is 24.1. The third-order valence-electron chi connectivity index (χ3n) is 3.21. The Morgan fingerprint density at radius 2 is 1.95 bits per heavy atom. The largest absolute Gasteiger partial charge is 0.382 e. The molecule has 0 aliphatic rings. The Bertz CT molecular complexity index is 894. The van der Waals surface area contributed by atoms with Crippen molar-refractivity contribution < 1.29 is 0 Å². The van der Waals surface area contributed by atoms with Crippen LogP contribution in [-0.4, -0.2) is 14.3 Å². The molecule has 0 aliphatic carbocycles. The van der Waals surface area contributed by atoms with Crippen molar-refractivity contribution in [1.82, 2.24) is 14.3 Å². The molecule has 21 heavy (non-hydrogen) atoms. The van der Waals surface area contributed by atoms with Gasteiger partial charge in [-0.25, -0.2) is 0 Å². The van der Waals surface area contributed by atoms with E-state index in [1.165, 1.54) is 4.57 Å². The van der Waals surface area contributed by atoms with E-state index in [9.17, 15) is 9.59 Å². The summed E-state index contributed by atoms with van der Waals surface area (Å²) in [7, 11) is 0. The Hall–Kier alpha value is -2.41. The average molecular weight is 302 g/mol. The number of fused-ring (bicyclic) bond motifs is 1. The van der Waals surface area contributed by atoms with Gasteiger partial charge in [0, 0.05) is 24.0 Å². The van der Waals surface area contributed by atoms with Gasteiger partial charge in [-0.3, -0.25) is 18.8 Å². The van der Waals surface area contributed by atoms with Crippen molar-refractivity contribution in [3.8, 4) is 0 Å². The molecule has 0 bridgehead atoms. The topological polar surface area (TPSA) is 82.9 Å². The second-order valence-electron chi connectivity index (χ2n) is 4.68. The highest BCUT2D eigenvalue weighted by atomic mass is 32.1. The Kier molecular flexibility index (Phi) is 3.57. The van der Waals surface area contributed by atoms with Gasteiger partial charge in [0.15, 0.2) is 0 Å². The molecule has 0 radical (unpaired) electrons. The van der Waals surface area contributed by atoms with Crippen LogP contribution in [0.2, 0.25) is 0 Å². The number of aromatic nitrogens is 3. The number of benzene rings is 1. The quantitative estimate of drug-likeness (QED) is 0.787. The predicted octanol–water partition coefficient (Wildman–Crippen LogP) is 1.29. The molecule has 2 N–H and O–H groups in total. The van der Waals surface area contributed by atoms with Gasteiger partial charge in [0.25, 0.3) is 5.56 Å². The zero-order chi connectivity index (χ0) is 14.8. The number of aryl methyl sites for hydroxylation is 1. The van der Waals surface area contributed by atoms with E-state index in [-0.39, 0.29) is 10.4 Å². The number of nitrogens with two attached hydrogens (primary N) is 1. The molecule has 6 nitrogen and oxygen atoms in total. The Labute approximate surface area is 124 Å². The lowest BCUT2D eigenvalue weighted by Gasteiger charge is -2.05. The van der Waals surface area contributed by atoms with E-state index in [0.717, 1.165) is 16.0 Å². The SMILES string of the molecule is Nc1ccn(CCCn2c(=O)sc3ccccc3c2=O)n1. The molecule has 3 rings (SSSR count). The molecule has 0 aliphatic heterocycles. The first-order chi connectivity index (χ1) is 10.1. The Balaban J connectivity index is 1.84. The van der Waals surface area contributed by atoms with E-state index in [1.54, 1.807) is 35.1 Å². The van der Waals surface area contributed by atoms with Gasteiger partial charge in [0.1, 0.15) is 5.82 Å². The van der Waals surface area contributed by atoms with Gasteiger partial charge < -0.3 is 5.73 Å². The molecule has 3 aromatic rings. The van der Waals surface area contributed by atoms with Crippen molar-refractivity contribution in [2.75, 3.05) is 5.73 Å². The molecule has 7 heteroatoms. The fourth-order valence-corrected chi connectivity index (χ4v) is 3.08. The maximum absolute atomic E-state index is 12.3. The van der Waals surface area contributed by atoms with Gasteiger partial charge in [-0.1, -0.05) is 23.5 Å². The third-order valence-corrected chi connectivity index (χ3v) is 4.18. The molecular formula is C14H14N4O2S. The first-order valence-corrected chi connectivity index (χ1v) is 7.38. The number of hydrogen-bond donors (Lipinski definition) is 1. The molecule has 1 aromatic carbocycles. The van der Waals surface area contributed by atoms with Crippen LogP contribution in [0.5, 0.6) is 0 Å². The summed E-state index contributed by atoms with van der Waals surface area (Å²) in [5, 5.41) is 4.66. The first kappa shape index (κ1) is 13.6. The van der Waals surface area contributed by atoms with Crippen molar-refractivity contribution in [1.29, 1.82) is 0 Å². The molecule has 0 saturated carbocycles. The standard InChI is InChI=1S/C14H14N4O2S/c15-12-6-9-17(16-12)7-3-8-18-13(19)10-4-1-2-5-11(10)21-14(18)20/h1-2,4-6,9H,3,7-8H2,(H2,15,16).